The number of methoxy groups -OCH3 is 1. The van der Waals surface area contributed by atoms with Crippen LogP contribution in [0.15, 0.2) is 55.0 Å². The molecule has 9 nitrogen and oxygen atoms in total. The van der Waals surface area contributed by atoms with Gasteiger partial charge in [-0.1, -0.05) is 12.1 Å². The number of aliphatic hydroxyl groups is 1. The number of halogens is 1. The van der Waals surface area contributed by atoms with Crippen LogP contribution in [-0.4, -0.2) is 64.4 Å². The first-order valence-electron chi connectivity index (χ1n) is 14.1. The van der Waals surface area contributed by atoms with Gasteiger partial charge in [0.25, 0.3) is 0 Å². The van der Waals surface area contributed by atoms with Crippen LogP contribution in [-0.2, 0) is 4.74 Å². The van der Waals surface area contributed by atoms with E-state index in [-0.39, 0.29) is 6.10 Å². The van der Waals surface area contributed by atoms with Crippen molar-refractivity contribution in [2.45, 2.75) is 44.8 Å². The van der Waals surface area contributed by atoms with Crippen LogP contribution in [0.1, 0.15) is 37.3 Å². The van der Waals surface area contributed by atoms with Crippen LogP contribution in [0.3, 0.4) is 0 Å². The van der Waals surface area contributed by atoms with Crippen LogP contribution >= 0.6 is 0 Å². The number of aryl methyl sites for hydroxylation is 1. The van der Waals surface area contributed by atoms with Gasteiger partial charge in [0, 0.05) is 55.9 Å². The van der Waals surface area contributed by atoms with Crippen LogP contribution in [0.4, 0.5) is 21.7 Å². The van der Waals surface area contributed by atoms with Crippen molar-refractivity contribution in [3.8, 4) is 28.1 Å². The van der Waals surface area contributed by atoms with Crippen molar-refractivity contribution >= 4 is 17.3 Å². The average Bonchev–Trinajstić information content (AvgIpc) is 3.49. The molecule has 4 aromatic rings. The zero-order chi connectivity index (χ0) is 28.3. The van der Waals surface area contributed by atoms with E-state index in [0.717, 1.165) is 67.8 Å². The Morgan fingerprint density at radius 2 is 1.95 bits per heavy atom. The monoisotopic (exact) mass is 558 g/mol. The molecule has 0 amide bonds. The molecule has 41 heavy (non-hydrogen) atoms. The van der Waals surface area contributed by atoms with E-state index in [2.05, 4.69) is 21.5 Å². The van der Waals surface area contributed by atoms with E-state index < -0.39 is 5.82 Å². The Morgan fingerprint density at radius 3 is 2.76 bits per heavy atom. The lowest BCUT2D eigenvalue weighted by atomic mass is 10.0. The van der Waals surface area contributed by atoms with Gasteiger partial charge in [-0.05, 0) is 56.4 Å². The lowest BCUT2D eigenvalue weighted by Gasteiger charge is -2.33. The minimum Gasteiger partial charge on any atom is -0.496 e. The van der Waals surface area contributed by atoms with Gasteiger partial charge in [-0.15, -0.1) is 0 Å². The minimum atomic E-state index is -0.396. The molecule has 2 aliphatic rings. The minimum absolute atomic E-state index is 0.321. The number of aromatic nitrogens is 4. The summed E-state index contributed by atoms with van der Waals surface area (Å²) in [4.78, 5) is 11.7. The summed E-state index contributed by atoms with van der Waals surface area (Å²) in [5.41, 5.74) is 4.55. The number of hydrogen-bond donors (Lipinski definition) is 2. The van der Waals surface area contributed by atoms with E-state index in [1.165, 1.54) is 13.2 Å². The maximum absolute atomic E-state index is 14.9. The Labute approximate surface area is 239 Å². The molecular formula is C31H35FN6O3. The molecule has 214 valence electrons. The van der Waals surface area contributed by atoms with Gasteiger partial charge in [0.15, 0.2) is 0 Å². The highest BCUT2D eigenvalue weighted by molar-refractivity contribution is 5.80. The number of aliphatic hydroxyl groups excluding tert-OH is 1. The number of nitrogens with one attached hydrogen (secondary N) is 1. The number of benzene rings is 1. The first-order chi connectivity index (χ1) is 20.0. The molecule has 10 heteroatoms. The molecule has 0 spiro atoms. The summed E-state index contributed by atoms with van der Waals surface area (Å²) in [6.45, 7) is 4.77. The largest absolute Gasteiger partial charge is 0.496 e. The fraction of sp³-hybridized carbons (Fsp3) is 0.387. The van der Waals surface area contributed by atoms with Crippen LogP contribution in [0.2, 0.25) is 0 Å². The van der Waals surface area contributed by atoms with Crippen molar-refractivity contribution in [1.29, 1.82) is 0 Å². The van der Waals surface area contributed by atoms with Gasteiger partial charge in [-0.25, -0.2) is 14.4 Å². The Bertz CT molecular complexity index is 1520. The number of pyridine rings is 2. The number of ether oxygens (including phenoxy) is 2. The van der Waals surface area contributed by atoms with Gasteiger partial charge >= 0.3 is 0 Å². The van der Waals surface area contributed by atoms with Gasteiger partial charge in [-0.2, -0.15) is 5.10 Å². The molecular weight excluding hydrogens is 523 g/mol. The summed E-state index contributed by atoms with van der Waals surface area (Å²) in [7, 11) is 1.52. The van der Waals surface area contributed by atoms with Crippen LogP contribution in [0.5, 0.6) is 5.75 Å². The predicted molar refractivity (Wildman–Crippen MR) is 156 cm³/mol. The third-order valence-corrected chi connectivity index (χ3v) is 7.88. The van der Waals surface area contributed by atoms with Gasteiger partial charge in [0.05, 0.1) is 42.4 Å². The molecule has 6 rings (SSSR count). The maximum atomic E-state index is 14.9. The molecule has 3 aromatic heterocycles. The second-order valence-electron chi connectivity index (χ2n) is 10.7. The van der Waals surface area contributed by atoms with Crippen LogP contribution in [0, 0.1) is 12.7 Å². The molecule has 5 heterocycles. The third kappa shape index (κ3) is 5.75. The highest BCUT2D eigenvalue weighted by atomic mass is 19.1. The van der Waals surface area contributed by atoms with Crippen molar-refractivity contribution in [2.24, 2.45) is 0 Å². The molecule has 1 aromatic carbocycles. The summed E-state index contributed by atoms with van der Waals surface area (Å²) >= 11 is 0. The van der Waals surface area contributed by atoms with Crippen molar-refractivity contribution in [1.82, 2.24) is 19.7 Å². The topological polar surface area (TPSA) is 97.6 Å². The SMILES string of the molecule is COc1cccc(F)c1-c1nc(Nc2cc(N3CCC[C@H](O)C3)c(-c3cnn(C4CCOCC4)c3)cn2)ccc1C. The van der Waals surface area contributed by atoms with Gasteiger partial charge in [0.1, 0.15) is 23.2 Å². The van der Waals surface area contributed by atoms with Crippen molar-refractivity contribution in [2.75, 3.05) is 43.6 Å². The first kappa shape index (κ1) is 27.2. The third-order valence-electron chi connectivity index (χ3n) is 7.88. The quantitative estimate of drug-likeness (QED) is 0.306. The zero-order valence-corrected chi connectivity index (χ0v) is 23.4. The second kappa shape index (κ2) is 11.8. The highest BCUT2D eigenvalue weighted by Gasteiger charge is 2.24. The zero-order valence-electron chi connectivity index (χ0n) is 23.4. The molecule has 0 saturated carbocycles. The number of piperidine rings is 1. The molecule has 2 saturated heterocycles. The Morgan fingerprint density at radius 1 is 1.10 bits per heavy atom. The molecule has 0 aliphatic carbocycles. The summed E-state index contributed by atoms with van der Waals surface area (Å²) < 4.78 is 27.9. The van der Waals surface area contributed by atoms with E-state index in [1.807, 2.05) is 42.2 Å². The fourth-order valence-electron chi connectivity index (χ4n) is 5.68. The number of hydrogen-bond acceptors (Lipinski definition) is 8. The molecule has 0 unspecified atom stereocenters. The fourth-order valence-corrected chi connectivity index (χ4v) is 5.68. The van der Waals surface area contributed by atoms with Crippen molar-refractivity contribution in [3.05, 3.63) is 66.4 Å². The smallest absolute Gasteiger partial charge is 0.136 e. The molecule has 1 atom stereocenters. The Kier molecular flexibility index (Phi) is 7.84. The number of anilines is 3. The molecule has 2 fully saturated rings. The van der Waals surface area contributed by atoms with Crippen LogP contribution in [0.25, 0.3) is 22.4 Å². The van der Waals surface area contributed by atoms with Gasteiger partial charge in [0.2, 0.25) is 0 Å². The molecule has 2 aliphatic heterocycles. The number of nitrogens with zero attached hydrogens (tertiary/aromatic N) is 5. The Balaban J connectivity index is 1.34. The van der Waals surface area contributed by atoms with Crippen molar-refractivity contribution in [3.63, 3.8) is 0 Å². The lowest BCUT2D eigenvalue weighted by Crippen LogP contribution is -2.38. The molecule has 0 bridgehead atoms. The maximum Gasteiger partial charge on any atom is 0.136 e. The normalized spacial score (nSPS) is 18.0. The first-order valence-corrected chi connectivity index (χ1v) is 14.1. The van der Waals surface area contributed by atoms with E-state index >= 15 is 0 Å². The predicted octanol–water partition coefficient (Wildman–Crippen LogP) is 5.52. The average molecular weight is 559 g/mol. The number of rotatable bonds is 7. The number of β-amino-alcohol motifs (C(OH)–C–C–N with tert-alkyl or cyclic N) is 1. The summed E-state index contributed by atoms with van der Waals surface area (Å²) in [5.74, 6) is 1.16. The Hall–Kier alpha value is -4.02. The second-order valence-corrected chi connectivity index (χ2v) is 10.7. The van der Waals surface area contributed by atoms with E-state index in [4.69, 9.17) is 19.4 Å². The molecule has 2 N–H and O–H groups in total. The van der Waals surface area contributed by atoms with Gasteiger partial charge in [-0.3, -0.25) is 4.68 Å². The van der Waals surface area contributed by atoms with E-state index in [9.17, 15) is 9.50 Å². The summed E-state index contributed by atoms with van der Waals surface area (Å²) in [6.07, 6.45) is 9.01. The molecule has 0 radical (unpaired) electrons. The van der Waals surface area contributed by atoms with Crippen LogP contribution < -0.4 is 15.0 Å². The van der Waals surface area contributed by atoms with Crippen molar-refractivity contribution < 1.29 is 19.0 Å². The standard InChI is InChI=1S/C31H35FN6O3/c1-20-8-9-28(36-31(20)30-25(32)6-3-7-27(30)40-2)35-29-15-26(37-12-4-5-23(39)19-37)24(17-33-29)21-16-34-38(18-21)22-10-13-41-14-11-22/h3,6-9,15-18,22-23,39H,4-5,10-14,19H2,1-2H3,(H,33,35,36)/t23-/m0/s1. The summed E-state index contributed by atoms with van der Waals surface area (Å²) in [5, 5.41) is 18.4. The summed E-state index contributed by atoms with van der Waals surface area (Å²) in [6, 6.07) is 10.8. The van der Waals surface area contributed by atoms with E-state index in [0.29, 0.717) is 41.2 Å². The lowest BCUT2D eigenvalue weighted by molar-refractivity contribution is 0.0662. The van der Waals surface area contributed by atoms with Gasteiger partial charge < -0.3 is 24.8 Å². The highest BCUT2D eigenvalue weighted by Crippen LogP contribution is 2.37. The van der Waals surface area contributed by atoms with E-state index in [1.54, 1.807) is 12.1 Å².